The van der Waals surface area contributed by atoms with Gasteiger partial charge in [0.1, 0.15) is 17.3 Å². The van der Waals surface area contributed by atoms with E-state index in [2.05, 4.69) is 10.3 Å². The van der Waals surface area contributed by atoms with Crippen LogP contribution in [0.4, 0.5) is 15.8 Å². The van der Waals surface area contributed by atoms with Crippen molar-refractivity contribution in [2.75, 3.05) is 30.1 Å². The lowest BCUT2D eigenvalue weighted by molar-refractivity contribution is -0.119. The first-order valence-electron chi connectivity index (χ1n) is 10.2. The van der Waals surface area contributed by atoms with Gasteiger partial charge in [-0.3, -0.25) is 14.2 Å². The maximum absolute atomic E-state index is 13.4. The minimum atomic E-state index is -0.372. The number of methoxy groups -OCH3 is 1. The van der Waals surface area contributed by atoms with Crippen molar-refractivity contribution in [1.82, 2.24) is 9.55 Å². The molecule has 0 radical (unpaired) electrons. The number of nitrogens with one attached hydrogen (secondary N) is 1. The number of anilines is 2. The minimum Gasteiger partial charge on any atom is -0.495 e. The van der Waals surface area contributed by atoms with Gasteiger partial charge in [-0.25, -0.2) is 9.37 Å². The number of imidazole rings is 1. The second-order valence-corrected chi connectivity index (χ2v) is 8.06. The second kappa shape index (κ2) is 9.44. The summed E-state index contributed by atoms with van der Waals surface area (Å²) in [7, 11) is 1.55. The van der Waals surface area contributed by atoms with Crippen LogP contribution in [0.3, 0.4) is 0 Å². The number of hydrogen-bond donors (Lipinski definition) is 1. The van der Waals surface area contributed by atoms with E-state index in [-0.39, 0.29) is 17.6 Å². The predicted octanol–water partition coefficient (Wildman–Crippen LogP) is 4.51. The average Bonchev–Trinajstić information content (AvgIpc) is 3.24. The normalized spacial score (nSPS) is 13.8. The zero-order valence-corrected chi connectivity index (χ0v) is 18.6. The van der Waals surface area contributed by atoms with Crippen LogP contribution >= 0.6 is 11.8 Å². The molecule has 1 aromatic heterocycles. The van der Waals surface area contributed by atoms with Crippen LogP contribution in [0, 0.1) is 5.82 Å². The van der Waals surface area contributed by atoms with Gasteiger partial charge in [-0.05, 0) is 61.6 Å². The molecule has 0 saturated carbocycles. The number of benzene rings is 2. The summed E-state index contributed by atoms with van der Waals surface area (Å²) in [4.78, 5) is 31.6. The van der Waals surface area contributed by atoms with Gasteiger partial charge in [-0.15, -0.1) is 0 Å². The third-order valence-corrected chi connectivity index (χ3v) is 5.93. The topological polar surface area (TPSA) is 76.5 Å². The molecule has 2 amide bonds. The molecule has 1 N–H and O–H groups in total. The number of thioether (sulfide) groups is 1. The van der Waals surface area contributed by atoms with E-state index >= 15 is 0 Å². The molecule has 0 bridgehead atoms. The van der Waals surface area contributed by atoms with Gasteiger partial charge in [0.2, 0.25) is 5.91 Å². The van der Waals surface area contributed by atoms with E-state index in [1.54, 1.807) is 46.9 Å². The molecule has 7 nitrogen and oxygen atoms in total. The highest BCUT2D eigenvalue weighted by molar-refractivity contribution is 7.98. The first-order chi connectivity index (χ1) is 15.5. The van der Waals surface area contributed by atoms with Crippen LogP contribution in [-0.4, -0.2) is 41.3 Å². The third-order valence-electron chi connectivity index (χ3n) is 5.28. The number of ether oxygens (including phenoxy) is 1. The Hall–Kier alpha value is -3.33. The largest absolute Gasteiger partial charge is 0.495 e. The Bertz CT molecular complexity index is 1150. The second-order valence-electron chi connectivity index (χ2n) is 7.29. The van der Waals surface area contributed by atoms with Crippen molar-refractivity contribution in [2.24, 2.45) is 0 Å². The maximum atomic E-state index is 13.4. The highest BCUT2D eigenvalue weighted by Gasteiger charge is 2.24. The number of halogens is 1. The molecule has 4 rings (SSSR count). The highest BCUT2D eigenvalue weighted by atomic mass is 32.2. The van der Waals surface area contributed by atoms with Crippen LogP contribution < -0.4 is 15.0 Å². The van der Waals surface area contributed by atoms with Crippen LogP contribution in [0.25, 0.3) is 5.69 Å². The zero-order chi connectivity index (χ0) is 22.7. The van der Waals surface area contributed by atoms with E-state index in [9.17, 15) is 14.0 Å². The molecule has 9 heteroatoms. The van der Waals surface area contributed by atoms with Crippen molar-refractivity contribution in [3.05, 3.63) is 60.2 Å². The van der Waals surface area contributed by atoms with E-state index in [1.807, 2.05) is 6.26 Å². The first kappa shape index (κ1) is 21.9. The van der Waals surface area contributed by atoms with E-state index in [1.165, 1.54) is 30.1 Å². The third kappa shape index (κ3) is 4.34. The molecular formula is C23H23FN4O3S. The molecule has 166 valence electrons. The summed E-state index contributed by atoms with van der Waals surface area (Å²) in [5.74, 6) is -0.122. The lowest BCUT2D eigenvalue weighted by Gasteiger charge is -2.28. The molecule has 1 saturated heterocycles. The van der Waals surface area contributed by atoms with E-state index in [4.69, 9.17) is 4.74 Å². The summed E-state index contributed by atoms with van der Waals surface area (Å²) in [6.07, 6.45) is 5.63. The summed E-state index contributed by atoms with van der Waals surface area (Å²) in [5.41, 5.74) is 2.11. The predicted molar refractivity (Wildman–Crippen MR) is 122 cm³/mol. The standard InChI is InChI=1S/C23H23FN4O3S/c1-31-20-11-8-16(13-18(20)27-12-4-3-5-21(27)29)26-22(30)19-14-25-23(32-2)28(19)17-9-6-15(24)7-10-17/h6-11,13-14H,3-5,12H2,1-2H3,(H,26,30). The molecule has 2 aromatic carbocycles. The van der Waals surface area contributed by atoms with E-state index in [0.29, 0.717) is 46.6 Å². The number of rotatable bonds is 6. The Morgan fingerprint density at radius 3 is 2.66 bits per heavy atom. The number of piperidine rings is 1. The van der Waals surface area contributed by atoms with Gasteiger partial charge in [0.15, 0.2) is 5.16 Å². The molecular weight excluding hydrogens is 431 g/mol. The molecule has 1 fully saturated rings. The van der Waals surface area contributed by atoms with Crippen LogP contribution in [0.5, 0.6) is 5.75 Å². The summed E-state index contributed by atoms with van der Waals surface area (Å²) in [6, 6.07) is 11.1. The van der Waals surface area contributed by atoms with Crippen LogP contribution in [0.15, 0.2) is 53.8 Å². The molecule has 32 heavy (non-hydrogen) atoms. The number of carbonyl (C=O) groups excluding carboxylic acids is 2. The average molecular weight is 455 g/mol. The van der Waals surface area contributed by atoms with Gasteiger partial charge in [0.05, 0.1) is 19.0 Å². The number of nitrogens with zero attached hydrogens (tertiary/aromatic N) is 3. The highest BCUT2D eigenvalue weighted by Crippen LogP contribution is 2.34. The van der Waals surface area contributed by atoms with Gasteiger partial charge in [0, 0.05) is 24.3 Å². The number of hydrogen-bond acceptors (Lipinski definition) is 5. The van der Waals surface area contributed by atoms with Gasteiger partial charge in [-0.1, -0.05) is 11.8 Å². The van der Waals surface area contributed by atoms with Crippen molar-refractivity contribution in [2.45, 2.75) is 24.4 Å². The molecule has 1 aliphatic heterocycles. The number of aromatic nitrogens is 2. The van der Waals surface area contributed by atoms with Gasteiger partial charge < -0.3 is 15.0 Å². The number of amides is 2. The Morgan fingerprint density at radius 1 is 1.19 bits per heavy atom. The monoisotopic (exact) mass is 454 g/mol. The van der Waals surface area contributed by atoms with Crippen LogP contribution in [-0.2, 0) is 4.79 Å². The molecule has 2 heterocycles. The van der Waals surface area contributed by atoms with Crippen molar-refractivity contribution in [3.63, 3.8) is 0 Å². The molecule has 0 spiro atoms. The van der Waals surface area contributed by atoms with Crippen molar-refractivity contribution in [3.8, 4) is 11.4 Å². The van der Waals surface area contributed by atoms with Crippen molar-refractivity contribution < 1.29 is 18.7 Å². The minimum absolute atomic E-state index is 0.0389. The summed E-state index contributed by atoms with van der Waals surface area (Å²) < 4.78 is 20.5. The van der Waals surface area contributed by atoms with E-state index in [0.717, 1.165) is 12.8 Å². The first-order valence-corrected chi connectivity index (χ1v) is 11.4. The number of carbonyl (C=O) groups is 2. The van der Waals surface area contributed by atoms with Crippen LogP contribution in [0.1, 0.15) is 29.8 Å². The van der Waals surface area contributed by atoms with Gasteiger partial charge in [0.25, 0.3) is 5.91 Å². The Balaban J connectivity index is 1.65. The zero-order valence-electron chi connectivity index (χ0n) is 17.8. The van der Waals surface area contributed by atoms with Gasteiger partial charge >= 0.3 is 0 Å². The Kier molecular flexibility index (Phi) is 6.45. The fourth-order valence-corrected chi connectivity index (χ4v) is 4.26. The molecule has 0 unspecified atom stereocenters. The van der Waals surface area contributed by atoms with Gasteiger partial charge in [-0.2, -0.15) is 0 Å². The molecule has 1 aliphatic rings. The quantitative estimate of drug-likeness (QED) is 0.555. The van der Waals surface area contributed by atoms with E-state index < -0.39 is 0 Å². The SMILES string of the molecule is COc1ccc(NC(=O)c2cnc(SC)n2-c2ccc(F)cc2)cc1N1CCCCC1=O. The molecule has 0 aliphatic carbocycles. The summed E-state index contributed by atoms with van der Waals surface area (Å²) in [6.45, 7) is 0.612. The van der Waals surface area contributed by atoms with Crippen LogP contribution in [0.2, 0.25) is 0 Å². The Morgan fingerprint density at radius 2 is 1.97 bits per heavy atom. The smallest absolute Gasteiger partial charge is 0.274 e. The molecule has 0 atom stereocenters. The molecule has 3 aromatic rings. The van der Waals surface area contributed by atoms with Crippen molar-refractivity contribution >= 4 is 35.0 Å². The maximum Gasteiger partial charge on any atom is 0.274 e. The summed E-state index contributed by atoms with van der Waals surface area (Å²) >= 11 is 1.38. The van der Waals surface area contributed by atoms with Crippen molar-refractivity contribution in [1.29, 1.82) is 0 Å². The lowest BCUT2D eigenvalue weighted by Crippen LogP contribution is -2.35. The lowest BCUT2D eigenvalue weighted by atomic mass is 10.1. The summed E-state index contributed by atoms with van der Waals surface area (Å²) in [5, 5.41) is 3.49. The Labute approximate surface area is 189 Å². The fourth-order valence-electron chi connectivity index (χ4n) is 3.71. The fraction of sp³-hybridized carbons (Fsp3) is 0.261.